The first-order valence-corrected chi connectivity index (χ1v) is 6.27. The molecule has 1 nitrogen and oxygen atoms in total. The van der Waals surface area contributed by atoms with Crippen LogP contribution in [-0.4, -0.2) is 12.8 Å². The second-order valence-corrected chi connectivity index (χ2v) is 5.40. The fourth-order valence-corrected chi connectivity index (χ4v) is 3.12. The van der Waals surface area contributed by atoms with Crippen LogP contribution in [0.15, 0.2) is 31.9 Å². The van der Waals surface area contributed by atoms with Crippen molar-refractivity contribution in [3.05, 3.63) is 28.2 Å². The number of hydrogen-bond acceptors (Lipinski definition) is 1. The van der Waals surface area contributed by atoms with Gasteiger partial charge in [-0.15, -0.1) is 0 Å². The smallest absolute Gasteiger partial charge is 0.0502 e. The van der Waals surface area contributed by atoms with Crippen LogP contribution in [0, 0.1) is 0 Å². The predicted molar refractivity (Wildman–Crippen MR) is 56.7 cm³/mol. The Hall–Kier alpha value is -0.150. The van der Waals surface area contributed by atoms with Crippen molar-refractivity contribution in [3.8, 4) is 0 Å². The number of hydrogen-bond donors (Lipinski definition) is 0. The average Bonchev–Trinajstić information content (AvgIpc) is 2.04. The molecule has 0 radical (unpaired) electrons. The molecule has 12 heavy (non-hydrogen) atoms. The highest BCUT2D eigenvalue weighted by Crippen LogP contribution is 2.23. The van der Waals surface area contributed by atoms with Crippen molar-refractivity contribution in [3.63, 3.8) is 0 Å². The third-order valence-electron chi connectivity index (χ3n) is 2.01. The van der Waals surface area contributed by atoms with Crippen molar-refractivity contribution in [2.75, 3.05) is 12.8 Å². The van der Waals surface area contributed by atoms with Crippen molar-refractivity contribution >= 4 is 26.6 Å². The maximum atomic E-state index is 4.51. The second kappa shape index (κ2) is 3.30. The number of nitrogens with zero attached hydrogens (tertiary/aromatic N) is 1. The summed E-state index contributed by atoms with van der Waals surface area (Å²) in [5, 5.41) is 0. The van der Waals surface area contributed by atoms with Crippen molar-refractivity contribution in [1.82, 2.24) is 0 Å². The van der Waals surface area contributed by atoms with Crippen LogP contribution < -0.4 is 0 Å². The zero-order chi connectivity index (χ0) is 8.55. The van der Waals surface area contributed by atoms with E-state index in [0.717, 1.165) is 13.0 Å². The molecule has 1 heterocycles. The van der Waals surface area contributed by atoms with Gasteiger partial charge in [0.25, 0.3) is 0 Å². The fourth-order valence-electron chi connectivity index (χ4n) is 1.40. The van der Waals surface area contributed by atoms with E-state index in [1.165, 1.54) is 14.9 Å². The molecule has 0 saturated carbocycles. The van der Waals surface area contributed by atoms with E-state index in [1.54, 1.807) is 0 Å². The monoisotopic (exact) mass is 243 g/mol. The highest BCUT2D eigenvalue weighted by atomic mass is 79.9. The van der Waals surface area contributed by atoms with Gasteiger partial charge in [-0.2, -0.15) is 0 Å². The van der Waals surface area contributed by atoms with E-state index in [-0.39, 0.29) is 10.7 Å². The molecule has 3 heteroatoms. The summed E-state index contributed by atoms with van der Waals surface area (Å²) in [6.45, 7) is 0.989. The summed E-state index contributed by atoms with van der Waals surface area (Å²) in [7, 11) is 0.131. The Labute approximate surface area is 83.4 Å². The van der Waals surface area contributed by atoms with Gasteiger partial charge in [0.05, 0.1) is 6.54 Å². The third kappa shape index (κ3) is 1.48. The van der Waals surface area contributed by atoms with E-state index in [2.05, 4.69) is 44.7 Å². The minimum absolute atomic E-state index is 0.131. The lowest BCUT2D eigenvalue weighted by Crippen LogP contribution is -2.04. The SMILES string of the molecule is CS1=NCCc2cc(Br)ccc21. The van der Waals surface area contributed by atoms with Crippen LogP contribution in [-0.2, 0) is 17.1 Å². The van der Waals surface area contributed by atoms with Crippen molar-refractivity contribution < 1.29 is 0 Å². The van der Waals surface area contributed by atoms with Gasteiger partial charge in [-0.3, -0.25) is 4.36 Å². The Morgan fingerprint density at radius 3 is 3.17 bits per heavy atom. The average molecular weight is 244 g/mol. The molecule has 1 aliphatic heterocycles. The summed E-state index contributed by atoms with van der Waals surface area (Å²) in [5.41, 5.74) is 1.46. The van der Waals surface area contributed by atoms with Gasteiger partial charge in [-0.25, -0.2) is 0 Å². The first-order chi connectivity index (χ1) is 5.77. The zero-order valence-corrected chi connectivity index (χ0v) is 9.28. The largest absolute Gasteiger partial charge is 0.260 e. The molecule has 0 spiro atoms. The molecule has 64 valence electrons. The summed E-state index contributed by atoms with van der Waals surface area (Å²) in [4.78, 5) is 1.42. The summed E-state index contributed by atoms with van der Waals surface area (Å²) in [6.07, 6.45) is 3.29. The lowest BCUT2D eigenvalue weighted by molar-refractivity contribution is 0.932. The van der Waals surface area contributed by atoms with E-state index in [1.807, 2.05) is 0 Å². The van der Waals surface area contributed by atoms with Gasteiger partial charge in [0, 0.05) is 9.37 Å². The van der Waals surface area contributed by atoms with Gasteiger partial charge in [0.2, 0.25) is 0 Å². The molecule has 1 aromatic rings. The molecule has 1 unspecified atom stereocenters. The summed E-state index contributed by atoms with van der Waals surface area (Å²) in [5.74, 6) is 0. The summed E-state index contributed by atoms with van der Waals surface area (Å²) < 4.78 is 5.69. The van der Waals surface area contributed by atoms with Gasteiger partial charge in [0.1, 0.15) is 0 Å². The van der Waals surface area contributed by atoms with E-state index in [4.69, 9.17) is 0 Å². The fraction of sp³-hybridized carbons (Fsp3) is 0.333. The molecular weight excluding hydrogens is 234 g/mol. The maximum absolute atomic E-state index is 4.51. The Balaban J connectivity index is 2.56. The first kappa shape index (κ1) is 8.45. The maximum Gasteiger partial charge on any atom is 0.0502 e. The standard InChI is InChI=1S/C9H10BrNS/c1-12-9-3-2-8(10)6-7(9)4-5-11-12/h2-3,6H,4-5H2,1H3. The minimum atomic E-state index is 0.131. The van der Waals surface area contributed by atoms with Gasteiger partial charge in [0.15, 0.2) is 0 Å². The summed E-state index contributed by atoms with van der Waals surface area (Å²) in [6, 6.07) is 6.50. The number of rotatable bonds is 0. The summed E-state index contributed by atoms with van der Waals surface area (Å²) >= 11 is 3.48. The van der Waals surface area contributed by atoms with E-state index in [9.17, 15) is 0 Å². The van der Waals surface area contributed by atoms with Crippen molar-refractivity contribution in [1.29, 1.82) is 0 Å². The molecule has 1 aliphatic rings. The zero-order valence-electron chi connectivity index (χ0n) is 6.88. The minimum Gasteiger partial charge on any atom is -0.260 e. The van der Waals surface area contributed by atoms with Crippen LogP contribution in [0.5, 0.6) is 0 Å². The highest BCUT2D eigenvalue weighted by molar-refractivity contribution is 9.10. The quantitative estimate of drug-likeness (QED) is 0.665. The van der Waals surface area contributed by atoms with Crippen LogP contribution in [0.25, 0.3) is 0 Å². The molecular formula is C9H10BrNS. The van der Waals surface area contributed by atoms with Gasteiger partial charge in [-0.05, 0) is 36.4 Å². The Bertz CT molecular complexity index is 346. The van der Waals surface area contributed by atoms with Crippen LogP contribution in [0.3, 0.4) is 0 Å². The molecule has 0 saturated heterocycles. The molecule has 0 N–H and O–H groups in total. The molecule has 0 aliphatic carbocycles. The lowest BCUT2D eigenvalue weighted by Gasteiger charge is -2.14. The number of fused-ring (bicyclic) bond motifs is 1. The van der Waals surface area contributed by atoms with Crippen LogP contribution in [0.2, 0.25) is 0 Å². The first-order valence-electron chi connectivity index (χ1n) is 3.89. The number of benzene rings is 1. The lowest BCUT2D eigenvalue weighted by atomic mass is 10.1. The van der Waals surface area contributed by atoms with Crippen molar-refractivity contribution in [2.45, 2.75) is 11.3 Å². The van der Waals surface area contributed by atoms with E-state index >= 15 is 0 Å². The predicted octanol–water partition coefficient (Wildman–Crippen LogP) is 2.80. The Kier molecular flexibility index (Phi) is 2.33. The Morgan fingerprint density at radius 2 is 2.33 bits per heavy atom. The van der Waals surface area contributed by atoms with Gasteiger partial charge < -0.3 is 0 Å². The normalized spacial score (nSPS) is 21.3. The van der Waals surface area contributed by atoms with E-state index in [0.29, 0.717) is 0 Å². The molecule has 0 bridgehead atoms. The molecule has 0 fully saturated rings. The molecule has 2 rings (SSSR count). The number of halogens is 1. The Morgan fingerprint density at radius 1 is 1.50 bits per heavy atom. The highest BCUT2D eigenvalue weighted by Gasteiger charge is 2.08. The van der Waals surface area contributed by atoms with E-state index < -0.39 is 0 Å². The third-order valence-corrected chi connectivity index (χ3v) is 4.10. The second-order valence-electron chi connectivity index (χ2n) is 2.83. The van der Waals surface area contributed by atoms with Gasteiger partial charge >= 0.3 is 0 Å². The molecule has 0 aromatic heterocycles. The molecule has 0 amide bonds. The van der Waals surface area contributed by atoms with Gasteiger partial charge in [-0.1, -0.05) is 26.6 Å². The topological polar surface area (TPSA) is 12.4 Å². The van der Waals surface area contributed by atoms with Crippen LogP contribution in [0.4, 0.5) is 0 Å². The van der Waals surface area contributed by atoms with Crippen LogP contribution in [0.1, 0.15) is 5.56 Å². The molecule has 1 aromatic carbocycles. The molecule has 1 atom stereocenters. The van der Waals surface area contributed by atoms with Crippen LogP contribution >= 0.6 is 15.9 Å². The van der Waals surface area contributed by atoms with Crippen molar-refractivity contribution in [2.24, 2.45) is 4.36 Å².